The molecule has 2 rings (SSSR count). The van der Waals surface area contributed by atoms with Crippen molar-refractivity contribution in [2.75, 3.05) is 0 Å². The Kier molecular flexibility index (Phi) is 3.28. The van der Waals surface area contributed by atoms with Crippen LogP contribution in [0, 0.1) is 0 Å². The van der Waals surface area contributed by atoms with Crippen LogP contribution in [0.1, 0.15) is 0 Å². The Labute approximate surface area is 108 Å². The van der Waals surface area contributed by atoms with E-state index in [4.69, 9.17) is 5.14 Å². The van der Waals surface area contributed by atoms with Crippen molar-refractivity contribution in [2.24, 2.45) is 5.14 Å². The van der Waals surface area contributed by atoms with Crippen LogP contribution in [0.3, 0.4) is 0 Å². The normalized spacial score (nSPS) is 11.4. The van der Waals surface area contributed by atoms with E-state index in [-0.39, 0.29) is 4.90 Å². The fourth-order valence-electron chi connectivity index (χ4n) is 1.41. The molecule has 2 aromatic rings. The fraction of sp³-hybridized carbons (Fsp3) is 0. The van der Waals surface area contributed by atoms with Gasteiger partial charge in [0, 0.05) is 22.4 Å². The van der Waals surface area contributed by atoms with E-state index in [0.717, 1.165) is 15.6 Å². The lowest BCUT2D eigenvalue weighted by molar-refractivity contribution is 0.598. The standard InChI is InChI=1S/C11H9BrN2O2S/c12-10-5-9(6-14-7-10)8-1-3-11(4-2-8)17(13,15)16/h1-7H,(H2,13,15,16). The van der Waals surface area contributed by atoms with Gasteiger partial charge in [-0.15, -0.1) is 0 Å². The predicted octanol–water partition coefficient (Wildman–Crippen LogP) is 2.16. The monoisotopic (exact) mass is 312 g/mol. The summed E-state index contributed by atoms with van der Waals surface area (Å²) in [6.07, 6.45) is 3.39. The maximum atomic E-state index is 11.1. The summed E-state index contributed by atoms with van der Waals surface area (Å²) in [6.45, 7) is 0. The lowest BCUT2D eigenvalue weighted by atomic mass is 10.1. The van der Waals surface area contributed by atoms with Crippen molar-refractivity contribution in [3.05, 3.63) is 47.2 Å². The van der Waals surface area contributed by atoms with Crippen LogP contribution in [0.2, 0.25) is 0 Å². The van der Waals surface area contributed by atoms with Crippen molar-refractivity contribution >= 4 is 26.0 Å². The van der Waals surface area contributed by atoms with Crippen LogP contribution in [0.5, 0.6) is 0 Å². The summed E-state index contributed by atoms with van der Waals surface area (Å²) in [6, 6.07) is 8.25. The summed E-state index contributed by atoms with van der Waals surface area (Å²) >= 11 is 3.33. The van der Waals surface area contributed by atoms with Gasteiger partial charge in [-0.05, 0) is 39.7 Å². The molecule has 17 heavy (non-hydrogen) atoms. The third-order valence-electron chi connectivity index (χ3n) is 2.22. The molecule has 6 heteroatoms. The maximum Gasteiger partial charge on any atom is 0.238 e. The van der Waals surface area contributed by atoms with Crippen LogP contribution in [-0.4, -0.2) is 13.4 Å². The van der Waals surface area contributed by atoms with E-state index in [9.17, 15) is 8.42 Å². The van der Waals surface area contributed by atoms with Crippen LogP contribution in [0.4, 0.5) is 0 Å². The largest absolute Gasteiger partial charge is 0.263 e. The summed E-state index contributed by atoms with van der Waals surface area (Å²) in [7, 11) is -3.63. The van der Waals surface area contributed by atoms with Crippen molar-refractivity contribution in [3.8, 4) is 11.1 Å². The molecule has 1 heterocycles. The topological polar surface area (TPSA) is 73.1 Å². The summed E-state index contributed by atoms with van der Waals surface area (Å²) in [5, 5.41) is 5.02. The Hall–Kier alpha value is -1.24. The number of halogens is 1. The number of nitrogens with two attached hydrogens (primary N) is 1. The zero-order valence-corrected chi connectivity index (χ0v) is 11.1. The number of rotatable bonds is 2. The first-order chi connectivity index (χ1) is 7.97. The zero-order valence-electron chi connectivity index (χ0n) is 8.67. The first-order valence-electron chi connectivity index (χ1n) is 4.70. The number of sulfonamides is 1. The van der Waals surface area contributed by atoms with Gasteiger partial charge in [0.1, 0.15) is 0 Å². The Balaban J connectivity index is 2.43. The van der Waals surface area contributed by atoms with E-state index in [1.54, 1.807) is 24.5 Å². The average molecular weight is 313 g/mol. The molecule has 0 saturated heterocycles. The highest BCUT2D eigenvalue weighted by Crippen LogP contribution is 2.22. The molecular weight excluding hydrogens is 304 g/mol. The summed E-state index contributed by atoms with van der Waals surface area (Å²) in [4.78, 5) is 4.14. The third-order valence-corrected chi connectivity index (χ3v) is 3.58. The molecule has 0 atom stereocenters. The molecule has 4 nitrogen and oxygen atoms in total. The quantitative estimate of drug-likeness (QED) is 0.923. The highest BCUT2D eigenvalue weighted by molar-refractivity contribution is 9.10. The molecule has 1 aromatic heterocycles. The van der Waals surface area contributed by atoms with Crippen molar-refractivity contribution in [1.29, 1.82) is 0 Å². The molecule has 0 unspecified atom stereocenters. The van der Waals surface area contributed by atoms with Gasteiger partial charge in [0.25, 0.3) is 0 Å². The van der Waals surface area contributed by atoms with Gasteiger partial charge in [0.15, 0.2) is 0 Å². The number of pyridine rings is 1. The summed E-state index contributed by atoms with van der Waals surface area (Å²) in [5.41, 5.74) is 1.78. The van der Waals surface area contributed by atoms with Gasteiger partial charge >= 0.3 is 0 Å². The number of nitrogens with zero attached hydrogens (tertiary/aromatic N) is 1. The van der Waals surface area contributed by atoms with E-state index >= 15 is 0 Å². The highest BCUT2D eigenvalue weighted by Gasteiger charge is 2.07. The van der Waals surface area contributed by atoms with Gasteiger partial charge in [-0.2, -0.15) is 0 Å². The molecule has 0 bridgehead atoms. The number of hydrogen-bond donors (Lipinski definition) is 1. The van der Waals surface area contributed by atoms with E-state index in [1.165, 1.54) is 12.1 Å². The smallest absolute Gasteiger partial charge is 0.238 e. The van der Waals surface area contributed by atoms with Gasteiger partial charge in [-0.3, -0.25) is 4.98 Å². The molecule has 0 amide bonds. The first-order valence-corrected chi connectivity index (χ1v) is 7.04. The molecule has 0 fully saturated rings. The van der Waals surface area contributed by atoms with Gasteiger partial charge in [0.05, 0.1) is 4.90 Å². The van der Waals surface area contributed by atoms with Crippen molar-refractivity contribution in [1.82, 2.24) is 4.98 Å². The fourth-order valence-corrected chi connectivity index (χ4v) is 2.29. The molecule has 1 aromatic carbocycles. The second-order valence-electron chi connectivity index (χ2n) is 3.46. The highest BCUT2D eigenvalue weighted by atomic mass is 79.9. The van der Waals surface area contributed by atoms with Gasteiger partial charge < -0.3 is 0 Å². The predicted molar refractivity (Wildman–Crippen MR) is 68.7 cm³/mol. The number of hydrogen-bond acceptors (Lipinski definition) is 3. The third kappa shape index (κ3) is 2.91. The Morgan fingerprint density at radius 3 is 2.24 bits per heavy atom. The number of aromatic nitrogens is 1. The summed E-state index contributed by atoms with van der Waals surface area (Å²) in [5.74, 6) is 0. The minimum atomic E-state index is -3.63. The molecule has 0 aliphatic carbocycles. The lowest BCUT2D eigenvalue weighted by Gasteiger charge is -2.03. The van der Waals surface area contributed by atoms with Gasteiger partial charge in [0.2, 0.25) is 10.0 Å². The van der Waals surface area contributed by atoms with Crippen molar-refractivity contribution in [3.63, 3.8) is 0 Å². The van der Waals surface area contributed by atoms with Gasteiger partial charge in [-0.25, -0.2) is 13.6 Å². The molecule has 88 valence electrons. The van der Waals surface area contributed by atoms with Crippen LogP contribution >= 0.6 is 15.9 Å². The number of benzene rings is 1. The van der Waals surface area contributed by atoms with Crippen LogP contribution < -0.4 is 5.14 Å². The van der Waals surface area contributed by atoms with Crippen LogP contribution in [-0.2, 0) is 10.0 Å². The molecule has 0 aliphatic rings. The van der Waals surface area contributed by atoms with Gasteiger partial charge in [-0.1, -0.05) is 12.1 Å². The van der Waals surface area contributed by atoms with Crippen LogP contribution in [0.15, 0.2) is 52.1 Å². The molecule has 2 N–H and O–H groups in total. The van der Waals surface area contributed by atoms with E-state index in [1.807, 2.05) is 6.07 Å². The molecule has 0 saturated carbocycles. The minimum Gasteiger partial charge on any atom is -0.263 e. The number of primary sulfonamides is 1. The summed E-state index contributed by atoms with van der Waals surface area (Å²) < 4.78 is 23.1. The minimum absolute atomic E-state index is 0.101. The first kappa shape index (κ1) is 12.2. The van der Waals surface area contributed by atoms with Crippen molar-refractivity contribution in [2.45, 2.75) is 4.90 Å². The maximum absolute atomic E-state index is 11.1. The van der Waals surface area contributed by atoms with E-state index in [2.05, 4.69) is 20.9 Å². The van der Waals surface area contributed by atoms with E-state index in [0.29, 0.717) is 0 Å². The molecule has 0 spiro atoms. The Bertz CT molecular complexity index is 639. The Morgan fingerprint density at radius 1 is 1.06 bits per heavy atom. The molecular formula is C11H9BrN2O2S. The second-order valence-corrected chi connectivity index (χ2v) is 5.94. The van der Waals surface area contributed by atoms with E-state index < -0.39 is 10.0 Å². The van der Waals surface area contributed by atoms with Crippen molar-refractivity contribution < 1.29 is 8.42 Å². The Morgan fingerprint density at radius 2 is 1.71 bits per heavy atom. The zero-order chi connectivity index (χ0) is 12.5. The average Bonchev–Trinajstić information content (AvgIpc) is 2.28. The lowest BCUT2D eigenvalue weighted by Crippen LogP contribution is -2.11. The second kappa shape index (κ2) is 4.56. The SMILES string of the molecule is NS(=O)(=O)c1ccc(-c2cncc(Br)c2)cc1. The van der Waals surface area contributed by atoms with Crippen LogP contribution in [0.25, 0.3) is 11.1 Å². The molecule has 0 aliphatic heterocycles. The molecule has 0 radical (unpaired) electrons.